The third-order valence-corrected chi connectivity index (χ3v) is 2.41. The first-order chi connectivity index (χ1) is 8.25. The number of aromatic amines is 1. The molecule has 5 nitrogen and oxygen atoms in total. The first-order valence-electron chi connectivity index (χ1n) is 5.31. The van der Waals surface area contributed by atoms with E-state index in [0.29, 0.717) is 6.42 Å². The second-order valence-electron chi connectivity index (χ2n) is 3.71. The summed E-state index contributed by atoms with van der Waals surface area (Å²) in [6.45, 7) is 0. The number of carbonyl (C=O) groups is 1. The summed E-state index contributed by atoms with van der Waals surface area (Å²) < 4.78 is 1.91. The molecule has 0 aliphatic rings. The van der Waals surface area contributed by atoms with E-state index < -0.39 is 0 Å². The van der Waals surface area contributed by atoms with Crippen molar-refractivity contribution in [3.63, 3.8) is 0 Å². The molecule has 0 unspecified atom stereocenters. The van der Waals surface area contributed by atoms with Crippen LogP contribution in [0.25, 0.3) is 0 Å². The third kappa shape index (κ3) is 3.07. The van der Waals surface area contributed by atoms with E-state index in [4.69, 9.17) is 0 Å². The third-order valence-electron chi connectivity index (χ3n) is 2.41. The molecule has 1 amide bonds. The SMILES string of the molecule is Cn1cccc1CC(=O)N/N=C\c1ccc[nH]1. The minimum atomic E-state index is -0.130. The fourth-order valence-electron chi connectivity index (χ4n) is 1.48. The molecule has 0 fully saturated rings. The number of hydrogen-bond acceptors (Lipinski definition) is 2. The van der Waals surface area contributed by atoms with Crippen LogP contribution in [0, 0.1) is 0 Å². The molecular formula is C12H14N4O. The van der Waals surface area contributed by atoms with Gasteiger partial charge in [0.1, 0.15) is 0 Å². The molecule has 0 saturated heterocycles. The van der Waals surface area contributed by atoms with Crippen LogP contribution in [0.4, 0.5) is 0 Å². The van der Waals surface area contributed by atoms with Crippen molar-refractivity contribution in [1.82, 2.24) is 15.0 Å². The Morgan fingerprint density at radius 3 is 3.06 bits per heavy atom. The molecule has 2 aromatic rings. The van der Waals surface area contributed by atoms with Gasteiger partial charge in [0.05, 0.1) is 18.3 Å². The minimum Gasteiger partial charge on any atom is -0.360 e. The van der Waals surface area contributed by atoms with Crippen molar-refractivity contribution in [3.8, 4) is 0 Å². The number of amides is 1. The van der Waals surface area contributed by atoms with E-state index in [-0.39, 0.29) is 5.91 Å². The number of nitrogens with zero attached hydrogens (tertiary/aromatic N) is 2. The van der Waals surface area contributed by atoms with Gasteiger partial charge in [-0.3, -0.25) is 4.79 Å². The van der Waals surface area contributed by atoms with Crippen LogP contribution in [0.5, 0.6) is 0 Å². The number of nitrogens with one attached hydrogen (secondary N) is 2. The topological polar surface area (TPSA) is 62.2 Å². The standard InChI is InChI=1S/C12H14N4O/c1-16-7-3-5-11(16)8-12(17)15-14-9-10-4-2-6-13-10/h2-7,9,13H,8H2,1H3,(H,15,17)/b14-9-. The number of hydrazone groups is 1. The van der Waals surface area contributed by atoms with E-state index in [1.807, 2.05) is 42.1 Å². The Hall–Kier alpha value is -2.30. The first-order valence-corrected chi connectivity index (χ1v) is 5.31. The summed E-state index contributed by atoms with van der Waals surface area (Å²) in [7, 11) is 1.91. The van der Waals surface area contributed by atoms with Gasteiger partial charge in [0.25, 0.3) is 0 Å². The zero-order valence-electron chi connectivity index (χ0n) is 9.55. The highest BCUT2D eigenvalue weighted by Gasteiger charge is 2.04. The van der Waals surface area contributed by atoms with Crippen molar-refractivity contribution in [2.45, 2.75) is 6.42 Å². The molecule has 88 valence electrons. The van der Waals surface area contributed by atoms with Gasteiger partial charge >= 0.3 is 0 Å². The quantitative estimate of drug-likeness (QED) is 0.598. The predicted molar refractivity (Wildman–Crippen MR) is 65.6 cm³/mol. The van der Waals surface area contributed by atoms with E-state index in [2.05, 4.69) is 15.5 Å². The van der Waals surface area contributed by atoms with E-state index in [1.54, 1.807) is 12.4 Å². The number of H-pyrrole nitrogens is 1. The number of carbonyl (C=O) groups excluding carboxylic acids is 1. The smallest absolute Gasteiger partial charge is 0.245 e. The van der Waals surface area contributed by atoms with Crippen LogP contribution >= 0.6 is 0 Å². The lowest BCUT2D eigenvalue weighted by atomic mass is 10.3. The minimum absolute atomic E-state index is 0.130. The summed E-state index contributed by atoms with van der Waals surface area (Å²) >= 11 is 0. The van der Waals surface area contributed by atoms with Gasteiger partial charge in [-0.1, -0.05) is 0 Å². The van der Waals surface area contributed by atoms with Crippen LogP contribution in [0.15, 0.2) is 41.8 Å². The average Bonchev–Trinajstić information content (AvgIpc) is 2.92. The van der Waals surface area contributed by atoms with Gasteiger partial charge in [-0.15, -0.1) is 0 Å². The lowest BCUT2D eigenvalue weighted by Crippen LogP contribution is -2.20. The normalized spacial score (nSPS) is 10.9. The Balaban J connectivity index is 1.84. The summed E-state index contributed by atoms with van der Waals surface area (Å²) in [5.74, 6) is -0.130. The van der Waals surface area contributed by atoms with Crippen molar-refractivity contribution in [1.29, 1.82) is 0 Å². The maximum absolute atomic E-state index is 11.5. The van der Waals surface area contributed by atoms with Crippen LogP contribution in [0.1, 0.15) is 11.4 Å². The Morgan fingerprint density at radius 1 is 1.53 bits per heavy atom. The molecule has 2 N–H and O–H groups in total. The Kier molecular flexibility index (Phi) is 3.40. The van der Waals surface area contributed by atoms with Crippen LogP contribution in [0.2, 0.25) is 0 Å². The number of aryl methyl sites for hydroxylation is 1. The summed E-state index contributed by atoms with van der Waals surface area (Å²) in [6.07, 6.45) is 5.60. The molecule has 0 radical (unpaired) electrons. The van der Waals surface area contributed by atoms with Crippen molar-refractivity contribution in [2.24, 2.45) is 12.1 Å². The molecular weight excluding hydrogens is 216 g/mol. The zero-order chi connectivity index (χ0) is 12.1. The molecule has 2 rings (SSSR count). The molecule has 5 heteroatoms. The Bertz CT molecular complexity index is 510. The second-order valence-corrected chi connectivity index (χ2v) is 3.71. The Labute approximate surface area is 99.2 Å². The van der Waals surface area contributed by atoms with E-state index in [1.165, 1.54) is 0 Å². The fraction of sp³-hybridized carbons (Fsp3) is 0.167. The fourth-order valence-corrected chi connectivity index (χ4v) is 1.48. The predicted octanol–water partition coefficient (Wildman–Crippen LogP) is 1.05. The number of rotatable bonds is 4. The van der Waals surface area contributed by atoms with Gasteiger partial charge in [0.15, 0.2) is 0 Å². The molecule has 2 aromatic heterocycles. The number of aromatic nitrogens is 2. The van der Waals surface area contributed by atoms with Crippen molar-refractivity contribution in [3.05, 3.63) is 48.0 Å². The highest BCUT2D eigenvalue weighted by atomic mass is 16.2. The monoisotopic (exact) mass is 230 g/mol. The van der Waals surface area contributed by atoms with Crippen LogP contribution in [-0.4, -0.2) is 21.7 Å². The molecule has 0 saturated carbocycles. The second kappa shape index (κ2) is 5.16. The maximum Gasteiger partial charge on any atom is 0.245 e. The average molecular weight is 230 g/mol. The maximum atomic E-state index is 11.5. The summed E-state index contributed by atoms with van der Waals surface area (Å²) in [4.78, 5) is 14.5. The van der Waals surface area contributed by atoms with Gasteiger partial charge in [-0.05, 0) is 24.3 Å². The lowest BCUT2D eigenvalue weighted by Gasteiger charge is -2.01. The molecule has 0 atom stereocenters. The highest BCUT2D eigenvalue weighted by molar-refractivity contribution is 5.81. The summed E-state index contributed by atoms with van der Waals surface area (Å²) in [5.41, 5.74) is 4.29. The molecule has 0 aromatic carbocycles. The van der Waals surface area contributed by atoms with Crippen LogP contribution in [0.3, 0.4) is 0 Å². The van der Waals surface area contributed by atoms with Crippen LogP contribution in [-0.2, 0) is 18.3 Å². The zero-order valence-corrected chi connectivity index (χ0v) is 9.55. The van der Waals surface area contributed by atoms with Crippen molar-refractivity contribution < 1.29 is 4.79 Å². The molecule has 0 bridgehead atoms. The molecule has 0 aliphatic carbocycles. The highest BCUT2D eigenvalue weighted by Crippen LogP contribution is 2.00. The summed E-state index contributed by atoms with van der Waals surface area (Å²) in [6, 6.07) is 7.55. The Morgan fingerprint density at radius 2 is 2.41 bits per heavy atom. The molecule has 17 heavy (non-hydrogen) atoms. The van der Waals surface area contributed by atoms with Crippen molar-refractivity contribution in [2.75, 3.05) is 0 Å². The van der Waals surface area contributed by atoms with Gasteiger partial charge in [0.2, 0.25) is 5.91 Å². The van der Waals surface area contributed by atoms with E-state index >= 15 is 0 Å². The van der Waals surface area contributed by atoms with E-state index in [0.717, 1.165) is 11.4 Å². The van der Waals surface area contributed by atoms with Crippen molar-refractivity contribution >= 4 is 12.1 Å². The molecule has 0 aliphatic heterocycles. The first kappa shape index (κ1) is 11.2. The van der Waals surface area contributed by atoms with Crippen LogP contribution < -0.4 is 5.43 Å². The molecule has 0 spiro atoms. The van der Waals surface area contributed by atoms with Gasteiger partial charge < -0.3 is 9.55 Å². The van der Waals surface area contributed by atoms with E-state index in [9.17, 15) is 4.79 Å². The lowest BCUT2D eigenvalue weighted by molar-refractivity contribution is -0.120. The summed E-state index contributed by atoms with van der Waals surface area (Å²) in [5, 5.41) is 3.86. The largest absolute Gasteiger partial charge is 0.360 e. The van der Waals surface area contributed by atoms with Gasteiger partial charge in [-0.2, -0.15) is 5.10 Å². The van der Waals surface area contributed by atoms with Gasteiger partial charge in [0, 0.05) is 25.1 Å². The number of hydrogen-bond donors (Lipinski definition) is 2. The van der Waals surface area contributed by atoms with Gasteiger partial charge in [-0.25, -0.2) is 5.43 Å². The molecule has 2 heterocycles.